The van der Waals surface area contributed by atoms with Gasteiger partial charge < -0.3 is 4.90 Å². The van der Waals surface area contributed by atoms with E-state index in [-0.39, 0.29) is 0 Å². The molecule has 0 aromatic heterocycles. The predicted octanol–water partition coefficient (Wildman–Crippen LogP) is 1.39. The summed E-state index contributed by atoms with van der Waals surface area (Å²) in [7, 11) is -1.31. The standard InChI is InChI=1S/C11H15BrN2O2S/c1-13-6-8-14(9-7-13)17(15,16)11-4-2-10(12)3-5-11/h2-5H,6-9H2,1H3. The number of sulfonamides is 1. The molecule has 1 fully saturated rings. The predicted molar refractivity (Wildman–Crippen MR) is 70.4 cm³/mol. The number of halogens is 1. The van der Waals surface area contributed by atoms with Crippen LogP contribution in [0.2, 0.25) is 0 Å². The van der Waals surface area contributed by atoms with E-state index < -0.39 is 10.0 Å². The van der Waals surface area contributed by atoms with Crippen molar-refractivity contribution in [3.63, 3.8) is 0 Å². The molecule has 0 spiro atoms. The van der Waals surface area contributed by atoms with Gasteiger partial charge in [0.1, 0.15) is 0 Å². The Balaban J connectivity index is 2.21. The molecule has 0 aliphatic carbocycles. The van der Waals surface area contributed by atoms with E-state index >= 15 is 0 Å². The molecule has 1 aliphatic heterocycles. The van der Waals surface area contributed by atoms with Crippen LogP contribution in [0.3, 0.4) is 0 Å². The second-order valence-electron chi connectivity index (χ2n) is 4.16. The Hall–Kier alpha value is -0.430. The Kier molecular flexibility index (Phi) is 3.87. The zero-order valence-corrected chi connectivity index (χ0v) is 12.0. The van der Waals surface area contributed by atoms with Gasteiger partial charge in [-0.25, -0.2) is 8.42 Å². The molecule has 1 aromatic rings. The zero-order valence-electron chi connectivity index (χ0n) is 9.63. The normalized spacial score (nSPS) is 19.4. The maximum Gasteiger partial charge on any atom is 0.243 e. The van der Waals surface area contributed by atoms with Gasteiger partial charge in [-0.15, -0.1) is 0 Å². The lowest BCUT2D eigenvalue weighted by Crippen LogP contribution is -2.46. The molecule has 0 bridgehead atoms. The van der Waals surface area contributed by atoms with Crippen LogP contribution < -0.4 is 0 Å². The van der Waals surface area contributed by atoms with Crippen LogP contribution in [0.15, 0.2) is 33.6 Å². The van der Waals surface area contributed by atoms with Gasteiger partial charge in [-0.05, 0) is 31.3 Å². The summed E-state index contributed by atoms with van der Waals surface area (Å²) in [6.07, 6.45) is 0. The van der Waals surface area contributed by atoms with Gasteiger partial charge in [-0.3, -0.25) is 0 Å². The van der Waals surface area contributed by atoms with Gasteiger partial charge >= 0.3 is 0 Å². The van der Waals surface area contributed by atoms with E-state index in [0.29, 0.717) is 18.0 Å². The van der Waals surface area contributed by atoms with Crippen LogP contribution in [0.25, 0.3) is 0 Å². The number of hydrogen-bond acceptors (Lipinski definition) is 3. The van der Waals surface area contributed by atoms with Crippen LogP contribution in [0.5, 0.6) is 0 Å². The van der Waals surface area contributed by atoms with Crippen molar-refractivity contribution in [1.82, 2.24) is 9.21 Å². The van der Waals surface area contributed by atoms with Crippen molar-refractivity contribution in [2.45, 2.75) is 4.90 Å². The first kappa shape index (κ1) is 13.0. The minimum Gasteiger partial charge on any atom is -0.304 e. The lowest BCUT2D eigenvalue weighted by atomic mass is 10.4. The highest BCUT2D eigenvalue weighted by Gasteiger charge is 2.27. The highest BCUT2D eigenvalue weighted by molar-refractivity contribution is 9.10. The molecule has 0 N–H and O–H groups in total. The Morgan fingerprint density at radius 2 is 1.59 bits per heavy atom. The van der Waals surface area contributed by atoms with Crippen molar-refractivity contribution < 1.29 is 8.42 Å². The van der Waals surface area contributed by atoms with Gasteiger partial charge in [0.05, 0.1) is 4.90 Å². The third-order valence-corrected chi connectivity index (χ3v) is 5.36. The van der Waals surface area contributed by atoms with Crippen LogP contribution >= 0.6 is 15.9 Å². The molecule has 2 rings (SSSR count). The largest absolute Gasteiger partial charge is 0.304 e. The molecule has 0 saturated carbocycles. The minimum absolute atomic E-state index is 0.366. The van der Waals surface area contributed by atoms with Gasteiger partial charge in [0.25, 0.3) is 0 Å². The summed E-state index contributed by atoms with van der Waals surface area (Å²) in [5.74, 6) is 0. The van der Waals surface area contributed by atoms with Crippen LogP contribution in [-0.4, -0.2) is 50.8 Å². The topological polar surface area (TPSA) is 40.6 Å². The minimum atomic E-state index is -3.32. The Morgan fingerprint density at radius 1 is 1.06 bits per heavy atom. The Morgan fingerprint density at radius 3 is 2.12 bits per heavy atom. The summed E-state index contributed by atoms with van der Waals surface area (Å²) < 4.78 is 27.0. The number of rotatable bonds is 2. The number of likely N-dealkylation sites (N-methyl/N-ethyl adjacent to an activating group) is 1. The number of hydrogen-bond donors (Lipinski definition) is 0. The van der Waals surface area contributed by atoms with Crippen LogP contribution in [0, 0.1) is 0 Å². The first-order valence-corrected chi connectivity index (χ1v) is 7.68. The third kappa shape index (κ3) is 2.88. The molecule has 6 heteroatoms. The quantitative estimate of drug-likeness (QED) is 0.827. The molecule has 94 valence electrons. The van der Waals surface area contributed by atoms with Crippen LogP contribution in [0.4, 0.5) is 0 Å². The van der Waals surface area contributed by atoms with Crippen LogP contribution in [-0.2, 0) is 10.0 Å². The number of benzene rings is 1. The molecule has 17 heavy (non-hydrogen) atoms. The van der Waals surface area contributed by atoms with Crippen molar-refractivity contribution in [3.8, 4) is 0 Å². The van der Waals surface area contributed by atoms with Crippen molar-refractivity contribution in [2.24, 2.45) is 0 Å². The lowest BCUT2D eigenvalue weighted by molar-refractivity contribution is 0.222. The Bertz CT molecular complexity index is 479. The fraction of sp³-hybridized carbons (Fsp3) is 0.455. The summed E-state index contributed by atoms with van der Waals surface area (Å²) in [6, 6.07) is 6.78. The van der Waals surface area contributed by atoms with Crippen molar-refractivity contribution in [1.29, 1.82) is 0 Å². The van der Waals surface area contributed by atoms with Gasteiger partial charge in [0, 0.05) is 30.7 Å². The molecule has 1 heterocycles. The maximum atomic E-state index is 12.3. The molecule has 0 radical (unpaired) electrons. The van der Waals surface area contributed by atoms with Crippen LogP contribution in [0.1, 0.15) is 0 Å². The van der Waals surface area contributed by atoms with Crippen molar-refractivity contribution in [3.05, 3.63) is 28.7 Å². The summed E-state index contributed by atoms with van der Waals surface area (Å²) in [4.78, 5) is 2.50. The first-order valence-electron chi connectivity index (χ1n) is 5.44. The first-order chi connectivity index (χ1) is 8.00. The zero-order chi connectivity index (χ0) is 12.5. The summed E-state index contributed by atoms with van der Waals surface area (Å²) >= 11 is 3.30. The smallest absolute Gasteiger partial charge is 0.243 e. The van der Waals surface area contributed by atoms with Crippen molar-refractivity contribution >= 4 is 26.0 Å². The highest BCUT2D eigenvalue weighted by Crippen LogP contribution is 2.19. The van der Waals surface area contributed by atoms with Gasteiger partial charge in [0.2, 0.25) is 10.0 Å². The molecule has 0 unspecified atom stereocenters. The van der Waals surface area contributed by atoms with E-state index in [4.69, 9.17) is 0 Å². The summed E-state index contributed by atoms with van der Waals surface area (Å²) in [5.41, 5.74) is 0. The van der Waals surface area contributed by atoms with E-state index in [1.807, 2.05) is 7.05 Å². The maximum absolute atomic E-state index is 12.3. The number of piperazine rings is 1. The van der Waals surface area contributed by atoms with Crippen molar-refractivity contribution in [2.75, 3.05) is 33.2 Å². The molecule has 0 amide bonds. The SMILES string of the molecule is CN1CCN(S(=O)(=O)c2ccc(Br)cc2)CC1. The molecular weight excluding hydrogens is 304 g/mol. The van der Waals surface area contributed by atoms with E-state index in [1.165, 1.54) is 0 Å². The second-order valence-corrected chi connectivity index (χ2v) is 7.01. The van der Waals surface area contributed by atoms with E-state index in [2.05, 4.69) is 20.8 Å². The van der Waals surface area contributed by atoms with Gasteiger partial charge in [-0.2, -0.15) is 4.31 Å². The third-order valence-electron chi connectivity index (χ3n) is 2.91. The summed E-state index contributed by atoms with van der Waals surface area (Å²) in [6.45, 7) is 2.70. The average molecular weight is 319 g/mol. The van der Waals surface area contributed by atoms with Gasteiger partial charge in [-0.1, -0.05) is 15.9 Å². The second kappa shape index (κ2) is 5.06. The Labute approximate surface area is 110 Å². The fourth-order valence-electron chi connectivity index (χ4n) is 1.78. The number of nitrogens with zero attached hydrogens (tertiary/aromatic N) is 2. The van der Waals surface area contributed by atoms with E-state index in [0.717, 1.165) is 17.6 Å². The molecule has 0 atom stereocenters. The monoisotopic (exact) mass is 318 g/mol. The molecule has 1 saturated heterocycles. The fourth-order valence-corrected chi connectivity index (χ4v) is 3.47. The van der Waals surface area contributed by atoms with E-state index in [9.17, 15) is 8.42 Å². The highest BCUT2D eigenvalue weighted by atomic mass is 79.9. The van der Waals surface area contributed by atoms with Gasteiger partial charge in [0.15, 0.2) is 0 Å². The molecule has 1 aliphatic rings. The molecular formula is C11H15BrN2O2S. The molecule has 4 nitrogen and oxygen atoms in total. The molecule has 1 aromatic carbocycles. The summed E-state index contributed by atoms with van der Waals surface area (Å²) in [5, 5.41) is 0. The average Bonchev–Trinajstić information content (AvgIpc) is 2.30. The lowest BCUT2D eigenvalue weighted by Gasteiger charge is -2.31. The van der Waals surface area contributed by atoms with E-state index in [1.54, 1.807) is 28.6 Å².